The van der Waals surface area contributed by atoms with Crippen molar-refractivity contribution in [3.63, 3.8) is 0 Å². The second kappa shape index (κ2) is 11.7. The van der Waals surface area contributed by atoms with Crippen LogP contribution in [0.4, 0.5) is 17.1 Å². The van der Waals surface area contributed by atoms with Crippen molar-refractivity contribution >= 4 is 29.2 Å². The van der Waals surface area contributed by atoms with E-state index in [1.165, 1.54) is 16.7 Å². The Kier molecular flexibility index (Phi) is 7.79. The number of aryl methyl sites for hydroxylation is 1. The van der Waals surface area contributed by atoms with E-state index in [1.54, 1.807) is 0 Å². The molecule has 0 atom stereocenters. The van der Waals surface area contributed by atoms with E-state index in [4.69, 9.17) is 0 Å². The fraction of sp³-hybridized carbons (Fsp3) is 0.0857. The second-order valence-corrected chi connectivity index (χ2v) is 9.40. The number of hydrogen-bond acceptors (Lipinski definition) is 3. The Balaban J connectivity index is 1.44. The summed E-state index contributed by atoms with van der Waals surface area (Å²) in [5.41, 5.74) is 10.7. The standard InChI is InChI=1S/C35H31NO2/c1-26-2-14-31(15-3-26)32-16-22-35(23-17-32)36(34-20-12-30(25-38)13-21-34)33-18-10-28(11-19-33)5-4-27-6-8-29(24-37)9-7-27/h2-23,37-38H,24-25H2,1H3. The SMILES string of the molecule is Cc1ccc(-c2ccc(N(c3ccc(C=Cc4ccc(CO)cc4)cc3)c3ccc(CO)cc3)cc2)cc1. The average molecular weight is 498 g/mol. The van der Waals surface area contributed by atoms with Crippen molar-refractivity contribution in [2.75, 3.05) is 4.90 Å². The molecule has 0 spiro atoms. The molecule has 0 saturated carbocycles. The molecule has 0 aliphatic rings. The zero-order valence-electron chi connectivity index (χ0n) is 21.5. The predicted molar refractivity (Wildman–Crippen MR) is 159 cm³/mol. The number of benzene rings is 5. The molecule has 0 bridgehead atoms. The number of anilines is 3. The van der Waals surface area contributed by atoms with Gasteiger partial charge in [0.2, 0.25) is 0 Å². The van der Waals surface area contributed by atoms with Gasteiger partial charge in [0, 0.05) is 17.1 Å². The van der Waals surface area contributed by atoms with E-state index in [0.717, 1.165) is 39.3 Å². The quantitative estimate of drug-likeness (QED) is 0.212. The average Bonchev–Trinajstić information content (AvgIpc) is 2.98. The summed E-state index contributed by atoms with van der Waals surface area (Å²) in [5.74, 6) is 0. The van der Waals surface area contributed by atoms with Crippen molar-refractivity contribution in [3.05, 3.63) is 149 Å². The van der Waals surface area contributed by atoms with Crippen LogP contribution >= 0.6 is 0 Å². The minimum absolute atomic E-state index is 0.0231. The lowest BCUT2D eigenvalue weighted by atomic mass is 10.0. The van der Waals surface area contributed by atoms with Gasteiger partial charge >= 0.3 is 0 Å². The molecule has 3 nitrogen and oxygen atoms in total. The highest BCUT2D eigenvalue weighted by atomic mass is 16.3. The summed E-state index contributed by atoms with van der Waals surface area (Å²) in [7, 11) is 0. The lowest BCUT2D eigenvalue weighted by molar-refractivity contribution is 0.281. The van der Waals surface area contributed by atoms with Crippen molar-refractivity contribution in [2.45, 2.75) is 20.1 Å². The summed E-state index contributed by atoms with van der Waals surface area (Å²) in [6, 6.07) is 41.6. The van der Waals surface area contributed by atoms with Crippen LogP contribution in [0.1, 0.15) is 27.8 Å². The van der Waals surface area contributed by atoms with Crippen molar-refractivity contribution in [1.82, 2.24) is 0 Å². The van der Waals surface area contributed by atoms with Crippen molar-refractivity contribution in [3.8, 4) is 11.1 Å². The van der Waals surface area contributed by atoms with Crippen LogP contribution in [0.5, 0.6) is 0 Å². The van der Waals surface area contributed by atoms with Crippen molar-refractivity contribution in [2.24, 2.45) is 0 Å². The molecule has 0 saturated heterocycles. The maximum absolute atomic E-state index is 9.52. The first kappa shape index (κ1) is 25.2. The zero-order valence-corrected chi connectivity index (χ0v) is 21.5. The van der Waals surface area contributed by atoms with E-state index in [9.17, 15) is 10.2 Å². The summed E-state index contributed by atoms with van der Waals surface area (Å²) < 4.78 is 0. The van der Waals surface area contributed by atoms with E-state index in [-0.39, 0.29) is 13.2 Å². The molecule has 3 heteroatoms. The zero-order chi connectivity index (χ0) is 26.3. The molecule has 0 amide bonds. The van der Waals surface area contributed by atoms with Crippen LogP contribution in [0, 0.1) is 6.92 Å². The third-order valence-electron chi connectivity index (χ3n) is 6.67. The normalized spacial score (nSPS) is 11.1. The monoisotopic (exact) mass is 497 g/mol. The molecule has 0 aliphatic carbocycles. The van der Waals surface area contributed by atoms with Gasteiger partial charge in [-0.15, -0.1) is 0 Å². The van der Waals surface area contributed by atoms with Gasteiger partial charge in [0.15, 0.2) is 0 Å². The van der Waals surface area contributed by atoms with Crippen molar-refractivity contribution < 1.29 is 10.2 Å². The lowest BCUT2D eigenvalue weighted by Gasteiger charge is -2.26. The minimum atomic E-state index is 0.0231. The van der Waals surface area contributed by atoms with Gasteiger partial charge in [0.05, 0.1) is 13.2 Å². The summed E-state index contributed by atoms with van der Waals surface area (Å²) in [6.07, 6.45) is 4.17. The van der Waals surface area contributed by atoms with Gasteiger partial charge in [-0.2, -0.15) is 0 Å². The fourth-order valence-corrected chi connectivity index (χ4v) is 4.41. The van der Waals surface area contributed by atoms with Gasteiger partial charge in [0.1, 0.15) is 0 Å². The Morgan fingerprint density at radius 1 is 0.474 bits per heavy atom. The Labute approximate surface area is 224 Å². The maximum atomic E-state index is 9.52. The Morgan fingerprint density at radius 3 is 1.26 bits per heavy atom. The van der Waals surface area contributed by atoms with Gasteiger partial charge in [-0.1, -0.05) is 103 Å². The van der Waals surface area contributed by atoms with Crippen LogP contribution in [0.2, 0.25) is 0 Å². The fourth-order valence-electron chi connectivity index (χ4n) is 4.41. The predicted octanol–water partition coefficient (Wildman–Crippen LogP) is 8.29. The molecule has 5 rings (SSSR count). The van der Waals surface area contributed by atoms with E-state index in [1.807, 2.05) is 48.5 Å². The Morgan fingerprint density at radius 2 is 0.816 bits per heavy atom. The van der Waals surface area contributed by atoms with E-state index < -0.39 is 0 Å². The molecule has 188 valence electrons. The Hall–Kier alpha value is -4.44. The summed E-state index contributed by atoms with van der Waals surface area (Å²) in [4.78, 5) is 2.22. The van der Waals surface area contributed by atoms with Crippen LogP contribution in [0.3, 0.4) is 0 Å². The van der Waals surface area contributed by atoms with Crippen LogP contribution < -0.4 is 4.90 Å². The molecular weight excluding hydrogens is 466 g/mol. The highest BCUT2D eigenvalue weighted by molar-refractivity contribution is 5.79. The van der Waals surface area contributed by atoms with E-state index in [2.05, 4.69) is 96.8 Å². The molecule has 5 aromatic rings. The van der Waals surface area contributed by atoms with E-state index in [0.29, 0.717) is 0 Å². The largest absolute Gasteiger partial charge is 0.392 e. The molecule has 0 radical (unpaired) electrons. The topological polar surface area (TPSA) is 43.7 Å². The molecular formula is C35H31NO2. The third-order valence-corrected chi connectivity index (χ3v) is 6.67. The Bertz CT molecular complexity index is 1480. The highest BCUT2D eigenvalue weighted by Crippen LogP contribution is 2.36. The van der Waals surface area contributed by atoms with Gasteiger partial charge in [-0.3, -0.25) is 0 Å². The molecule has 38 heavy (non-hydrogen) atoms. The molecule has 5 aromatic carbocycles. The second-order valence-electron chi connectivity index (χ2n) is 9.40. The van der Waals surface area contributed by atoms with Crippen LogP contribution in [0.15, 0.2) is 121 Å². The molecule has 0 heterocycles. The van der Waals surface area contributed by atoms with Gasteiger partial charge < -0.3 is 15.1 Å². The number of aliphatic hydroxyl groups excluding tert-OH is 2. The first-order valence-corrected chi connectivity index (χ1v) is 12.8. The lowest BCUT2D eigenvalue weighted by Crippen LogP contribution is -2.10. The number of aliphatic hydroxyl groups is 2. The summed E-state index contributed by atoms with van der Waals surface area (Å²) in [5, 5.41) is 18.8. The molecule has 0 aliphatic heterocycles. The maximum Gasteiger partial charge on any atom is 0.0681 e. The first-order chi connectivity index (χ1) is 18.6. The molecule has 0 fully saturated rings. The first-order valence-electron chi connectivity index (χ1n) is 12.8. The molecule has 2 N–H and O–H groups in total. The van der Waals surface area contributed by atoms with Crippen LogP contribution in [-0.2, 0) is 13.2 Å². The minimum Gasteiger partial charge on any atom is -0.392 e. The van der Waals surface area contributed by atoms with Crippen molar-refractivity contribution in [1.29, 1.82) is 0 Å². The third kappa shape index (κ3) is 5.92. The molecule has 0 unspecified atom stereocenters. The van der Waals surface area contributed by atoms with Gasteiger partial charge in [-0.25, -0.2) is 0 Å². The summed E-state index contributed by atoms with van der Waals surface area (Å²) >= 11 is 0. The van der Waals surface area contributed by atoms with E-state index >= 15 is 0 Å². The van der Waals surface area contributed by atoms with Crippen LogP contribution in [-0.4, -0.2) is 10.2 Å². The van der Waals surface area contributed by atoms with Crippen LogP contribution in [0.25, 0.3) is 23.3 Å². The highest BCUT2D eigenvalue weighted by Gasteiger charge is 2.13. The van der Waals surface area contributed by atoms with Gasteiger partial charge in [0.25, 0.3) is 0 Å². The molecule has 0 aromatic heterocycles. The van der Waals surface area contributed by atoms with Gasteiger partial charge in [-0.05, 0) is 76.7 Å². The summed E-state index contributed by atoms with van der Waals surface area (Å²) in [6.45, 7) is 2.18. The number of rotatable bonds is 8. The number of nitrogens with zero attached hydrogens (tertiary/aromatic N) is 1. The smallest absolute Gasteiger partial charge is 0.0681 e. The number of hydrogen-bond donors (Lipinski definition) is 2.